The second-order valence-electron chi connectivity index (χ2n) is 8.26. The number of rotatable bonds is 2. The van der Waals surface area contributed by atoms with Gasteiger partial charge in [-0.25, -0.2) is 0 Å². The molecule has 4 aliphatic rings. The predicted molar refractivity (Wildman–Crippen MR) is 79.8 cm³/mol. The molecule has 4 rings (SSSR count). The Morgan fingerprint density at radius 2 is 1.95 bits per heavy atom. The highest BCUT2D eigenvalue weighted by atomic mass is 16.7. The maximum absolute atomic E-state index is 12.9. The van der Waals surface area contributed by atoms with Crippen molar-refractivity contribution in [1.82, 2.24) is 0 Å². The van der Waals surface area contributed by atoms with Crippen molar-refractivity contribution in [3.05, 3.63) is 0 Å². The van der Waals surface area contributed by atoms with E-state index >= 15 is 0 Å². The van der Waals surface area contributed by atoms with Gasteiger partial charge in [0.1, 0.15) is 5.78 Å². The lowest BCUT2D eigenvalue weighted by Gasteiger charge is -2.44. The highest BCUT2D eigenvalue weighted by molar-refractivity contribution is 5.90. The normalized spacial score (nSPS) is 53.0. The van der Waals surface area contributed by atoms with Crippen LogP contribution in [0.3, 0.4) is 0 Å². The number of carbonyl (C=O) groups is 1. The van der Waals surface area contributed by atoms with Crippen LogP contribution in [0.2, 0.25) is 0 Å². The number of hydrogen-bond acceptors (Lipinski definition) is 3. The van der Waals surface area contributed by atoms with Gasteiger partial charge in [0.15, 0.2) is 6.29 Å². The van der Waals surface area contributed by atoms with E-state index < -0.39 is 0 Å². The molecule has 0 aromatic heterocycles. The molecular weight excluding hydrogens is 264 g/mol. The van der Waals surface area contributed by atoms with Crippen molar-refractivity contribution in [1.29, 1.82) is 0 Å². The van der Waals surface area contributed by atoms with Gasteiger partial charge in [0.2, 0.25) is 0 Å². The van der Waals surface area contributed by atoms with Crippen LogP contribution in [-0.2, 0) is 14.3 Å². The third-order valence-corrected chi connectivity index (χ3v) is 7.54. The van der Waals surface area contributed by atoms with Crippen molar-refractivity contribution in [3.63, 3.8) is 0 Å². The van der Waals surface area contributed by atoms with Gasteiger partial charge in [0.05, 0.1) is 11.5 Å². The fourth-order valence-corrected chi connectivity index (χ4v) is 6.32. The van der Waals surface area contributed by atoms with E-state index in [1.807, 2.05) is 0 Å². The predicted octanol–water partition coefficient (Wildman–Crippen LogP) is 3.85. The molecular formula is C18H28O3. The summed E-state index contributed by atoms with van der Waals surface area (Å²) in [6.45, 7) is 5.39. The number of ketones is 1. The van der Waals surface area contributed by atoms with Gasteiger partial charge in [-0.05, 0) is 62.7 Å². The van der Waals surface area contributed by atoms with Crippen molar-refractivity contribution in [2.45, 2.75) is 84.0 Å². The van der Waals surface area contributed by atoms with E-state index in [9.17, 15) is 4.79 Å². The van der Waals surface area contributed by atoms with Crippen LogP contribution < -0.4 is 0 Å². The van der Waals surface area contributed by atoms with Gasteiger partial charge < -0.3 is 9.47 Å². The number of hydrogen-bond donors (Lipinski definition) is 0. The SMILES string of the molecule is C[C@@]12CCC[C@@]13CC[C@@H](O[C@@H]1CCCCO1)[C@@]3(C)C(=O)C2. The topological polar surface area (TPSA) is 35.5 Å². The molecule has 0 bridgehead atoms. The summed E-state index contributed by atoms with van der Waals surface area (Å²) < 4.78 is 12.1. The van der Waals surface area contributed by atoms with Gasteiger partial charge in [-0.3, -0.25) is 4.79 Å². The maximum Gasteiger partial charge on any atom is 0.157 e. The molecule has 1 saturated heterocycles. The molecule has 0 aromatic rings. The molecule has 5 atom stereocenters. The first kappa shape index (κ1) is 14.2. The molecule has 0 N–H and O–H groups in total. The first-order valence-electron chi connectivity index (χ1n) is 8.82. The Bertz CT molecular complexity index is 455. The zero-order chi connectivity index (χ0) is 14.7. The minimum atomic E-state index is -0.265. The van der Waals surface area contributed by atoms with Crippen LogP contribution in [0.5, 0.6) is 0 Å². The molecule has 0 amide bonds. The lowest BCUT2D eigenvalue weighted by atomic mass is 9.60. The monoisotopic (exact) mass is 292 g/mol. The Morgan fingerprint density at radius 1 is 1.10 bits per heavy atom. The van der Waals surface area contributed by atoms with Gasteiger partial charge in [-0.15, -0.1) is 0 Å². The van der Waals surface area contributed by atoms with Crippen molar-refractivity contribution in [3.8, 4) is 0 Å². The summed E-state index contributed by atoms with van der Waals surface area (Å²) in [5.41, 5.74) is 0.167. The zero-order valence-corrected chi connectivity index (χ0v) is 13.5. The third kappa shape index (κ3) is 1.65. The lowest BCUT2D eigenvalue weighted by molar-refractivity contribution is -0.210. The smallest absolute Gasteiger partial charge is 0.157 e. The minimum Gasteiger partial charge on any atom is -0.353 e. The van der Waals surface area contributed by atoms with Crippen LogP contribution in [0.15, 0.2) is 0 Å². The molecule has 3 nitrogen and oxygen atoms in total. The summed E-state index contributed by atoms with van der Waals surface area (Å²) in [6, 6.07) is 0. The van der Waals surface area contributed by atoms with Crippen LogP contribution in [0.25, 0.3) is 0 Å². The summed E-state index contributed by atoms with van der Waals surface area (Å²) >= 11 is 0. The number of Topliss-reactive ketones (excluding diaryl/α,β-unsaturated/α-hetero) is 1. The van der Waals surface area contributed by atoms with Crippen LogP contribution in [0.1, 0.15) is 71.6 Å². The minimum absolute atomic E-state index is 0.0724. The molecule has 0 unspecified atom stereocenters. The van der Waals surface area contributed by atoms with E-state index in [-0.39, 0.29) is 28.6 Å². The lowest BCUT2D eigenvalue weighted by Crippen LogP contribution is -2.46. The van der Waals surface area contributed by atoms with Gasteiger partial charge in [-0.1, -0.05) is 13.3 Å². The molecule has 3 heteroatoms. The van der Waals surface area contributed by atoms with Gasteiger partial charge in [0.25, 0.3) is 0 Å². The molecule has 0 radical (unpaired) electrons. The van der Waals surface area contributed by atoms with Crippen LogP contribution in [0, 0.1) is 16.2 Å². The molecule has 4 fully saturated rings. The number of ether oxygens (including phenoxy) is 2. The quantitative estimate of drug-likeness (QED) is 0.775. The number of carbonyl (C=O) groups excluding carboxylic acids is 1. The van der Waals surface area contributed by atoms with Crippen LogP contribution in [0.4, 0.5) is 0 Å². The largest absolute Gasteiger partial charge is 0.353 e. The standard InChI is InChI=1S/C18H28O3/c1-16-8-5-9-18(16)10-7-14(17(18,2)13(19)12-16)21-15-6-3-4-11-20-15/h14-15H,3-12H2,1-2H3/t14-,15-,16+,17-,18-/m1/s1. The van der Waals surface area contributed by atoms with Gasteiger partial charge >= 0.3 is 0 Å². The van der Waals surface area contributed by atoms with Crippen LogP contribution in [-0.4, -0.2) is 24.8 Å². The molecule has 3 aliphatic carbocycles. The van der Waals surface area contributed by atoms with E-state index in [1.54, 1.807) is 0 Å². The average Bonchev–Trinajstić information content (AvgIpc) is 2.99. The van der Waals surface area contributed by atoms with E-state index in [0.717, 1.165) is 32.3 Å². The molecule has 118 valence electrons. The van der Waals surface area contributed by atoms with Crippen LogP contribution >= 0.6 is 0 Å². The zero-order valence-electron chi connectivity index (χ0n) is 13.5. The van der Waals surface area contributed by atoms with Gasteiger partial charge in [-0.2, -0.15) is 0 Å². The Kier molecular flexibility index (Phi) is 3.07. The summed E-state index contributed by atoms with van der Waals surface area (Å²) in [5, 5.41) is 0. The highest BCUT2D eigenvalue weighted by Crippen LogP contribution is 2.75. The molecule has 1 aliphatic heterocycles. The average molecular weight is 292 g/mol. The van der Waals surface area contributed by atoms with Crippen molar-refractivity contribution < 1.29 is 14.3 Å². The van der Waals surface area contributed by atoms with Crippen molar-refractivity contribution in [2.75, 3.05) is 6.61 Å². The summed E-state index contributed by atoms with van der Waals surface area (Å²) in [5.74, 6) is 0.461. The third-order valence-electron chi connectivity index (χ3n) is 7.54. The maximum atomic E-state index is 12.9. The Labute approximate surface area is 127 Å². The summed E-state index contributed by atoms with van der Waals surface area (Å²) in [6.07, 6.45) is 10.0. The summed E-state index contributed by atoms with van der Waals surface area (Å²) in [7, 11) is 0. The van der Waals surface area contributed by atoms with E-state index in [2.05, 4.69) is 13.8 Å². The molecule has 3 saturated carbocycles. The first-order valence-corrected chi connectivity index (χ1v) is 8.82. The van der Waals surface area contributed by atoms with E-state index in [4.69, 9.17) is 9.47 Å². The second-order valence-corrected chi connectivity index (χ2v) is 8.26. The second kappa shape index (κ2) is 4.55. The van der Waals surface area contributed by atoms with Crippen molar-refractivity contribution >= 4 is 5.78 Å². The van der Waals surface area contributed by atoms with Gasteiger partial charge in [0, 0.05) is 13.0 Å². The highest BCUT2D eigenvalue weighted by Gasteiger charge is 2.74. The van der Waals surface area contributed by atoms with E-state index in [0.29, 0.717) is 5.78 Å². The Morgan fingerprint density at radius 3 is 2.71 bits per heavy atom. The van der Waals surface area contributed by atoms with Crippen molar-refractivity contribution in [2.24, 2.45) is 16.2 Å². The molecule has 21 heavy (non-hydrogen) atoms. The molecule has 1 spiro atoms. The Hall–Kier alpha value is -0.410. The molecule has 0 aromatic carbocycles. The summed E-state index contributed by atoms with van der Waals surface area (Å²) in [4.78, 5) is 12.9. The first-order chi connectivity index (χ1) is 10.0. The Balaban J connectivity index is 1.62. The molecule has 1 heterocycles. The van der Waals surface area contributed by atoms with E-state index in [1.165, 1.54) is 32.1 Å². The fraction of sp³-hybridized carbons (Fsp3) is 0.944. The fourth-order valence-electron chi connectivity index (χ4n) is 6.32.